The van der Waals surface area contributed by atoms with Crippen molar-refractivity contribution in [3.05, 3.63) is 47.5 Å². The first kappa shape index (κ1) is 19.6. The predicted molar refractivity (Wildman–Crippen MR) is 102 cm³/mol. The van der Waals surface area contributed by atoms with Gasteiger partial charge in [-0.1, -0.05) is 17.7 Å². The molecule has 0 spiro atoms. The van der Waals surface area contributed by atoms with E-state index in [-0.39, 0.29) is 11.3 Å². The van der Waals surface area contributed by atoms with Crippen LogP contribution in [0.25, 0.3) is 0 Å². The van der Waals surface area contributed by atoms with Crippen LogP contribution in [0.3, 0.4) is 0 Å². The molecule has 0 aliphatic rings. The van der Waals surface area contributed by atoms with Crippen molar-refractivity contribution < 1.29 is 22.7 Å². The fraction of sp³-hybridized carbons (Fsp3) is 0.278. The van der Waals surface area contributed by atoms with E-state index in [4.69, 9.17) is 9.47 Å². The molecule has 0 fully saturated rings. The third-order valence-corrected chi connectivity index (χ3v) is 5.08. The van der Waals surface area contributed by atoms with Crippen LogP contribution in [0.2, 0.25) is 0 Å². The number of anilines is 2. The van der Waals surface area contributed by atoms with E-state index < -0.39 is 15.9 Å². The topological polar surface area (TPSA) is 84.9 Å². The average molecular weight is 378 g/mol. The number of methoxy groups -OCH3 is 2. The molecule has 140 valence electrons. The van der Waals surface area contributed by atoms with Crippen LogP contribution in [-0.2, 0) is 10.0 Å². The Labute approximate surface area is 153 Å². The number of carbonyl (C=O) groups is 1. The van der Waals surface area contributed by atoms with E-state index >= 15 is 0 Å². The Balaban J connectivity index is 2.53. The zero-order chi connectivity index (χ0) is 19.5. The molecule has 0 atom stereocenters. The van der Waals surface area contributed by atoms with Crippen LogP contribution in [0.15, 0.2) is 36.4 Å². The van der Waals surface area contributed by atoms with E-state index in [0.29, 0.717) is 17.2 Å². The molecule has 7 nitrogen and oxygen atoms in total. The molecule has 8 heteroatoms. The maximum absolute atomic E-state index is 12.8. The van der Waals surface area contributed by atoms with Gasteiger partial charge in [-0.25, -0.2) is 8.42 Å². The number of amides is 1. The first-order valence-corrected chi connectivity index (χ1v) is 9.60. The second-order valence-corrected chi connectivity index (χ2v) is 7.79. The zero-order valence-corrected chi connectivity index (χ0v) is 16.2. The minimum Gasteiger partial charge on any atom is -0.493 e. The standard InChI is InChI=1S/C18H22N2O5S/c1-12-6-8-13(9-7-12)19-18(21)14-10-16(24-3)17(25-4)11-15(14)20(2)26(5,22)23/h6-11H,1-5H3,(H,19,21). The molecule has 0 saturated carbocycles. The highest BCUT2D eigenvalue weighted by Gasteiger charge is 2.23. The summed E-state index contributed by atoms with van der Waals surface area (Å²) in [5.41, 5.74) is 2.00. The van der Waals surface area contributed by atoms with Crippen molar-refractivity contribution in [2.75, 3.05) is 37.1 Å². The number of benzene rings is 2. The number of rotatable bonds is 6. The van der Waals surface area contributed by atoms with Crippen LogP contribution in [0.5, 0.6) is 11.5 Å². The summed E-state index contributed by atoms with van der Waals surface area (Å²) in [6, 6.07) is 10.2. The summed E-state index contributed by atoms with van der Waals surface area (Å²) < 4.78 is 35.5. The zero-order valence-electron chi connectivity index (χ0n) is 15.4. The third kappa shape index (κ3) is 4.26. The smallest absolute Gasteiger partial charge is 0.257 e. The Kier molecular flexibility index (Phi) is 5.76. The Morgan fingerprint density at radius 3 is 2.08 bits per heavy atom. The van der Waals surface area contributed by atoms with Gasteiger partial charge in [0.1, 0.15) is 0 Å². The Morgan fingerprint density at radius 2 is 1.58 bits per heavy atom. The molecule has 0 saturated heterocycles. The van der Waals surface area contributed by atoms with Crippen molar-refractivity contribution in [3.8, 4) is 11.5 Å². The third-order valence-electron chi connectivity index (χ3n) is 3.89. The van der Waals surface area contributed by atoms with Crippen molar-refractivity contribution in [3.63, 3.8) is 0 Å². The first-order valence-electron chi connectivity index (χ1n) is 7.75. The van der Waals surface area contributed by atoms with E-state index in [2.05, 4.69) is 5.32 Å². The maximum Gasteiger partial charge on any atom is 0.257 e. The molecule has 26 heavy (non-hydrogen) atoms. The summed E-state index contributed by atoms with van der Waals surface area (Å²) >= 11 is 0. The predicted octanol–water partition coefficient (Wildman–Crippen LogP) is 2.66. The quantitative estimate of drug-likeness (QED) is 0.835. The lowest BCUT2D eigenvalue weighted by Crippen LogP contribution is -2.28. The molecule has 2 aromatic carbocycles. The minimum atomic E-state index is -3.58. The van der Waals surface area contributed by atoms with Gasteiger partial charge in [0.05, 0.1) is 31.7 Å². The van der Waals surface area contributed by atoms with Gasteiger partial charge in [-0.3, -0.25) is 9.10 Å². The highest BCUT2D eigenvalue weighted by molar-refractivity contribution is 7.92. The average Bonchev–Trinajstić information content (AvgIpc) is 2.60. The molecule has 0 aromatic heterocycles. The van der Waals surface area contributed by atoms with Gasteiger partial charge in [0.2, 0.25) is 10.0 Å². The Bertz CT molecular complexity index is 908. The summed E-state index contributed by atoms with van der Waals surface area (Å²) in [5, 5.41) is 2.76. The molecular weight excluding hydrogens is 356 g/mol. The van der Waals surface area contributed by atoms with Crippen molar-refractivity contribution in [2.45, 2.75) is 6.92 Å². The number of sulfonamides is 1. The van der Waals surface area contributed by atoms with Gasteiger partial charge in [-0.15, -0.1) is 0 Å². The monoisotopic (exact) mass is 378 g/mol. The molecule has 2 aromatic rings. The highest BCUT2D eigenvalue weighted by atomic mass is 32.2. The number of ether oxygens (including phenoxy) is 2. The van der Waals surface area contributed by atoms with Crippen molar-refractivity contribution in [1.29, 1.82) is 0 Å². The number of hydrogen-bond donors (Lipinski definition) is 1. The SMILES string of the molecule is COc1cc(C(=O)Nc2ccc(C)cc2)c(N(C)S(C)(=O)=O)cc1OC. The first-order chi connectivity index (χ1) is 12.2. The van der Waals surface area contributed by atoms with E-state index in [1.807, 2.05) is 19.1 Å². The van der Waals surface area contributed by atoms with Gasteiger partial charge >= 0.3 is 0 Å². The lowest BCUT2D eigenvalue weighted by atomic mass is 10.1. The highest BCUT2D eigenvalue weighted by Crippen LogP contribution is 2.36. The van der Waals surface area contributed by atoms with Crippen LogP contribution in [0.1, 0.15) is 15.9 Å². The second-order valence-electron chi connectivity index (χ2n) is 5.77. The molecule has 0 bridgehead atoms. The fourth-order valence-electron chi connectivity index (χ4n) is 2.32. The van der Waals surface area contributed by atoms with Gasteiger partial charge in [-0.05, 0) is 25.1 Å². The van der Waals surface area contributed by atoms with E-state index in [9.17, 15) is 13.2 Å². The summed E-state index contributed by atoms with van der Waals surface area (Å²) in [6.45, 7) is 1.94. The lowest BCUT2D eigenvalue weighted by molar-refractivity contribution is 0.102. The van der Waals surface area contributed by atoms with Gasteiger partial charge < -0.3 is 14.8 Å². The molecule has 1 N–H and O–H groups in total. The Hall–Kier alpha value is -2.74. The second kappa shape index (κ2) is 7.65. The number of nitrogens with one attached hydrogen (secondary N) is 1. The molecular formula is C18H22N2O5S. The van der Waals surface area contributed by atoms with Crippen LogP contribution in [0.4, 0.5) is 11.4 Å². The van der Waals surface area contributed by atoms with Crippen LogP contribution in [0, 0.1) is 6.92 Å². The Morgan fingerprint density at radius 1 is 1.04 bits per heavy atom. The molecule has 0 radical (unpaired) electrons. The molecule has 0 aliphatic carbocycles. The maximum atomic E-state index is 12.8. The normalized spacial score (nSPS) is 11.0. The molecule has 0 heterocycles. The van der Waals surface area contributed by atoms with Crippen LogP contribution in [-0.4, -0.2) is 41.8 Å². The largest absolute Gasteiger partial charge is 0.493 e. The molecule has 2 rings (SSSR count). The molecule has 0 unspecified atom stereocenters. The van der Waals surface area contributed by atoms with Crippen molar-refractivity contribution in [2.24, 2.45) is 0 Å². The van der Waals surface area contributed by atoms with Crippen LogP contribution < -0.4 is 19.1 Å². The molecule has 0 aliphatic heterocycles. The van der Waals surface area contributed by atoms with E-state index in [1.165, 1.54) is 33.4 Å². The minimum absolute atomic E-state index is 0.149. The van der Waals surface area contributed by atoms with Gasteiger partial charge in [0.25, 0.3) is 5.91 Å². The van der Waals surface area contributed by atoms with Crippen LogP contribution >= 0.6 is 0 Å². The summed E-state index contributed by atoms with van der Waals surface area (Å²) in [4.78, 5) is 12.8. The number of aryl methyl sites for hydroxylation is 1. The molecule has 1 amide bonds. The van der Waals surface area contributed by atoms with Crippen molar-refractivity contribution in [1.82, 2.24) is 0 Å². The summed E-state index contributed by atoms with van der Waals surface area (Å²) in [6.07, 6.45) is 1.06. The van der Waals surface area contributed by atoms with E-state index in [1.54, 1.807) is 12.1 Å². The van der Waals surface area contributed by atoms with Gasteiger partial charge in [-0.2, -0.15) is 0 Å². The lowest BCUT2D eigenvalue weighted by Gasteiger charge is -2.22. The summed E-state index contributed by atoms with van der Waals surface area (Å²) in [5.74, 6) is 0.192. The number of nitrogens with zero attached hydrogens (tertiary/aromatic N) is 1. The number of hydrogen-bond acceptors (Lipinski definition) is 5. The van der Waals surface area contributed by atoms with Crippen molar-refractivity contribution >= 4 is 27.3 Å². The number of carbonyl (C=O) groups excluding carboxylic acids is 1. The summed E-state index contributed by atoms with van der Waals surface area (Å²) in [7, 11) is 0.679. The van der Waals surface area contributed by atoms with E-state index in [0.717, 1.165) is 16.1 Å². The van der Waals surface area contributed by atoms with Gasteiger partial charge in [0, 0.05) is 18.8 Å². The fourth-order valence-corrected chi connectivity index (χ4v) is 2.83. The van der Waals surface area contributed by atoms with Gasteiger partial charge in [0.15, 0.2) is 11.5 Å².